The molecule has 14 heteroatoms. The van der Waals surface area contributed by atoms with Gasteiger partial charge in [-0.15, -0.1) is 0 Å². The average Bonchev–Trinajstić information content (AvgIpc) is 2.98. The van der Waals surface area contributed by atoms with E-state index in [0.717, 1.165) is 22.3 Å². The van der Waals surface area contributed by atoms with E-state index in [-0.39, 0.29) is 30.1 Å². The smallest absolute Gasteiger partial charge is 0.246 e. The summed E-state index contributed by atoms with van der Waals surface area (Å²) in [5, 5.41) is 15.1. The van der Waals surface area contributed by atoms with Gasteiger partial charge in [-0.25, -0.2) is 0 Å². The van der Waals surface area contributed by atoms with Gasteiger partial charge in [0.1, 0.15) is 23.9 Å². The molecule has 1 fully saturated rings. The maximum atomic E-state index is 13.6. The van der Waals surface area contributed by atoms with Gasteiger partial charge in [-0.3, -0.25) is 24.0 Å². The number of phenolic OH excluding ortho intramolecular Hbond substituents is 1. The lowest BCUT2D eigenvalue weighted by atomic mass is 9.96. The molecule has 4 atom stereocenters. The molecule has 0 radical (unpaired) electrons. The number of nitrogens with one attached hydrogen (secondary N) is 2. The number of aryl methyl sites for hydroxylation is 2. The molecule has 1 saturated heterocycles. The van der Waals surface area contributed by atoms with Gasteiger partial charge in [-0.2, -0.15) is 0 Å². The van der Waals surface area contributed by atoms with Crippen molar-refractivity contribution in [3.05, 3.63) is 64.7 Å². The molecule has 0 bridgehead atoms. The molecule has 44 heavy (non-hydrogen) atoms. The quantitative estimate of drug-likeness (QED) is 0.263. The third-order valence-corrected chi connectivity index (χ3v) is 10.00. The average molecular weight is 645 g/mol. The number of rotatable bonds is 7. The summed E-state index contributed by atoms with van der Waals surface area (Å²) in [4.78, 5) is 68.1. The van der Waals surface area contributed by atoms with Crippen molar-refractivity contribution in [2.24, 2.45) is 11.5 Å². The summed E-state index contributed by atoms with van der Waals surface area (Å²) in [5.74, 6) is -2.51. The Morgan fingerprint density at radius 2 is 1.66 bits per heavy atom. The molecular formula is C30H40N6O6S2. The Balaban J connectivity index is 1.80. The van der Waals surface area contributed by atoms with Crippen molar-refractivity contribution in [1.29, 1.82) is 0 Å². The Kier molecular flexibility index (Phi) is 12.5. The van der Waals surface area contributed by atoms with Crippen molar-refractivity contribution in [1.82, 2.24) is 20.4 Å². The highest BCUT2D eigenvalue weighted by molar-refractivity contribution is 8.76. The van der Waals surface area contributed by atoms with Crippen LogP contribution in [-0.4, -0.2) is 101 Å². The van der Waals surface area contributed by atoms with E-state index >= 15 is 0 Å². The van der Waals surface area contributed by atoms with Crippen LogP contribution in [0.4, 0.5) is 0 Å². The molecule has 1 heterocycles. The minimum atomic E-state index is -1.04. The van der Waals surface area contributed by atoms with E-state index in [1.807, 2.05) is 44.2 Å². The van der Waals surface area contributed by atoms with E-state index in [4.69, 9.17) is 11.5 Å². The SMILES string of the molecule is Cc1cc(O)cc(C)c1C[C@H](N)C(=O)N[C@@H]1CSSC[C@H](C(N)=O)N(C)C(=O)[C@H](Cc2ccccc2)N(C)C(=O)CNC1=O. The zero-order valence-corrected chi connectivity index (χ0v) is 26.9. The number of benzene rings is 2. The Hall–Kier alpha value is -3.75. The Bertz CT molecular complexity index is 1350. The number of primary amides is 1. The molecule has 0 aliphatic carbocycles. The molecule has 1 aliphatic rings. The van der Waals surface area contributed by atoms with Gasteiger partial charge in [0, 0.05) is 32.0 Å². The highest BCUT2D eigenvalue weighted by atomic mass is 33.1. The molecule has 238 valence electrons. The maximum absolute atomic E-state index is 13.6. The monoisotopic (exact) mass is 644 g/mol. The molecule has 2 aromatic carbocycles. The summed E-state index contributed by atoms with van der Waals surface area (Å²) >= 11 is 0. The maximum Gasteiger partial charge on any atom is 0.246 e. The number of likely N-dealkylation sites (N-methyl/N-ethyl adjacent to an activating group) is 2. The minimum Gasteiger partial charge on any atom is -0.508 e. The topological polar surface area (TPSA) is 188 Å². The summed E-state index contributed by atoms with van der Waals surface area (Å²) in [6.45, 7) is 3.21. The Morgan fingerprint density at radius 3 is 2.27 bits per heavy atom. The summed E-state index contributed by atoms with van der Waals surface area (Å²) in [5.41, 5.74) is 15.1. The van der Waals surface area contributed by atoms with Crippen LogP contribution >= 0.6 is 21.6 Å². The second-order valence-electron chi connectivity index (χ2n) is 10.8. The van der Waals surface area contributed by atoms with Crippen molar-refractivity contribution in [3.63, 3.8) is 0 Å². The van der Waals surface area contributed by atoms with E-state index in [9.17, 15) is 29.1 Å². The van der Waals surface area contributed by atoms with E-state index in [1.165, 1.54) is 45.5 Å². The number of hydrogen-bond acceptors (Lipinski definition) is 9. The normalized spacial score (nSPS) is 21.3. The third kappa shape index (κ3) is 9.13. The predicted octanol–water partition coefficient (Wildman–Crippen LogP) is 0.257. The van der Waals surface area contributed by atoms with Crippen LogP contribution in [0.3, 0.4) is 0 Å². The number of amides is 5. The summed E-state index contributed by atoms with van der Waals surface area (Å²) < 4.78 is 0. The van der Waals surface area contributed by atoms with E-state index in [1.54, 1.807) is 12.1 Å². The number of aromatic hydroxyl groups is 1. The molecule has 1 aliphatic heterocycles. The second kappa shape index (κ2) is 15.8. The van der Waals surface area contributed by atoms with Crippen LogP contribution in [0.15, 0.2) is 42.5 Å². The van der Waals surface area contributed by atoms with Gasteiger partial charge in [-0.1, -0.05) is 51.9 Å². The lowest BCUT2D eigenvalue weighted by Crippen LogP contribution is -2.57. The van der Waals surface area contributed by atoms with Crippen molar-refractivity contribution in [3.8, 4) is 5.75 Å². The lowest BCUT2D eigenvalue weighted by Gasteiger charge is -2.34. The van der Waals surface area contributed by atoms with Gasteiger partial charge < -0.3 is 37.0 Å². The Labute approximate surface area is 265 Å². The standard InChI is InChI=1S/C30H40N6O6S2/c1-17-10-20(37)11-18(2)21(17)13-22(31)28(40)34-23-15-43-44-16-25(27(32)39)36(4)30(42)24(12-19-8-6-5-7-9-19)35(3)26(38)14-33-29(23)41/h5-11,22-25,37H,12-16,31H2,1-4H3,(H2,32,39)(H,33,41)(H,34,40)/t22-,23+,24-,25+/m0/s1. The molecule has 0 spiro atoms. The van der Waals surface area contributed by atoms with Gasteiger partial charge in [0.2, 0.25) is 29.5 Å². The highest BCUT2D eigenvalue weighted by Gasteiger charge is 2.35. The summed E-state index contributed by atoms with van der Waals surface area (Å²) in [6, 6.07) is 8.36. The first-order chi connectivity index (χ1) is 20.8. The molecule has 0 saturated carbocycles. The third-order valence-electron chi connectivity index (χ3n) is 7.59. The van der Waals surface area contributed by atoms with Crippen molar-refractivity contribution < 1.29 is 29.1 Å². The number of carbonyl (C=O) groups is 5. The van der Waals surface area contributed by atoms with Crippen LogP contribution in [0.5, 0.6) is 5.75 Å². The minimum absolute atomic E-state index is 0.0933. The number of hydrogen-bond donors (Lipinski definition) is 5. The molecule has 12 nitrogen and oxygen atoms in total. The fourth-order valence-corrected chi connectivity index (χ4v) is 7.33. The highest BCUT2D eigenvalue weighted by Crippen LogP contribution is 2.26. The van der Waals surface area contributed by atoms with Gasteiger partial charge in [-0.05, 0) is 54.7 Å². The van der Waals surface area contributed by atoms with Gasteiger partial charge in [0.05, 0.1) is 12.6 Å². The predicted molar refractivity (Wildman–Crippen MR) is 172 cm³/mol. The van der Waals surface area contributed by atoms with Crippen molar-refractivity contribution in [2.45, 2.75) is 50.9 Å². The van der Waals surface area contributed by atoms with Crippen LogP contribution in [0.25, 0.3) is 0 Å². The lowest BCUT2D eigenvalue weighted by molar-refractivity contribution is -0.146. The van der Waals surface area contributed by atoms with E-state index in [2.05, 4.69) is 10.6 Å². The van der Waals surface area contributed by atoms with Gasteiger partial charge in [0.25, 0.3) is 0 Å². The fraction of sp³-hybridized carbons (Fsp3) is 0.433. The Morgan fingerprint density at radius 1 is 1.05 bits per heavy atom. The molecule has 2 aromatic rings. The number of carbonyl (C=O) groups excluding carboxylic acids is 5. The zero-order valence-electron chi connectivity index (χ0n) is 25.2. The molecule has 0 aromatic heterocycles. The van der Waals surface area contributed by atoms with E-state index < -0.39 is 60.2 Å². The van der Waals surface area contributed by atoms with Crippen LogP contribution < -0.4 is 22.1 Å². The van der Waals surface area contributed by atoms with Crippen molar-refractivity contribution in [2.75, 3.05) is 32.1 Å². The fourth-order valence-electron chi connectivity index (χ4n) is 4.88. The van der Waals surface area contributed by atoms with Gasteiger partial charge in [0.15, 0.2) is 0 Å². The first kappa shape index (κ1) is 34.7. The van der Waals surface area contributed by atoms with Crippen LogP contribution in [0, 0.1) is 13.8 Å². The first-order valence-electron chi connectivity index (χ1n) is 14.0. The number of nitrogens with two attached hydrogens (primary N) is 2. The van der Waals surface area contributed by atoms with Gasteiger partial charge >= 0.3 is 0 Å². The zero-order chi connectivity index (χ0) is 32.6. The largest absolute Gasteiger partial charge is 0.508 e. The molecule has 5 amide bonds. The summed E-state index contributed by atoms with van der Waals surface area (Å²) in [6.07, 6.45) is 0.372. The molecular weight excluding hydrogens is 605 g/mol. The van der Waals surface area contributed by atoms with Crippen molar-refractivity contribution >= 4 is 51.1 Å². The van der Waals surface area contributed by atoms with Crippen LogP contribution in [0.1, 0.15) is 22.3 Å². The second-order valence-corrected chi connectivity index (χ2v) is 13.3. The van der Waals surface area contributed by atoms with Crippen LogP contribution in [0.2, 0.25) is 0 Å². The molecule has 3 rings (SSSR count). The number of phenols is 1. The molecule has 0 unspecified atom stereocenters. The summed E-state index contributed by atoms with van der Waals surface area (Å²) in [7, 11) is 5.40. The molecule has 7 N–H and O–H groups in total. The first-order valence-corrected chi connectivity index (χ1v) is 16.5. The van der Waals surface area contributed by atoms with E-state index in [0.29, 0.717) is 0 Å². The van der Waals surface area contributed by atoms with Crippen LogP contribution in [-0.2, 0) is 36.8 Å². The number of nitrogens with zero attached hydrogens (tertiary/aromatic N) is 2.